The second-order valence-corrected chi connectivity index (χ2v) is 10.5. The third-order valence-corrected chi connectivity index (χ3v) is 7.87. The van der Waals surface area contributed by atoms with Crippen LogP contribution in [0.15, 0.2) is 46.4 Å². The van der Waals surface area contributed by atoms with Crippen LogP contribution in [0.25, 0.3) is 6.08 Å². The molecule has 3 N–H and O–H groups in total. The van der Waals surface area contributed by atoms with Gasteiger partial charge in [-0.1, -0.05) is 30.0 Å². The Hall–Kier alpha value is -2.60. The predicted molar refractivity (Wildman–Crippen MR) is 132 cm³/mol. The van der Waals surface area contributed by atoms with E-state index in [1.54, 1.807) is 36.9 Å². The van der Waals surface area contributed by atoms with Gasteiger partial charge in [0.05, 0.1) is 20.9 Å². The van der Waals surface area contributed by atoms with Crippen molar-refractivity contribution >= 4 is 51.4 Å². The van der Waals surface area contributed by atoms with Crippen LogP contribution in [0.3, 0.4) is 0 Å². The number of carbonyl (C=O) groups is 1. The highest BCUT2D eigenvalue weighted by Gasteiger charge is 2.35. The lowest BCUT2D eigenvalue weighted by atomic mass is 9.99. The first kappa shape index (κ1) is 22.2. The Bertz CT molecular complexity index is 1160. The van der Waals surface area contributed by atoms with Crippen molar-refractivity contribution in [2.75, 3.05) is 38.0 Å². The number of piperazine rings is 1. The topological polar surface area (TPSA) is 117 Å². The number of rotatable bonds is 5. The molecule has 2 aliphatic heterocycles. The van der Waals surface area contributed by atoms with E-state index in [0.29, 0.717) is 10.8 Å². The molecule has 1 amide bonds. The van der Waals surface area contributed by atoms with Crippen molar-refractivity contribution in [3.63, 3.8) is 0 Å². The fourth-order valence-electron chi connectivity index (χ4n) is 4.19. The van der Waals surface area contributed by atoms with Crippen LogP contribution in [0.4, 0.5) is 11.6 Å². The first-order valence-corrected chi connectivity index (χ1v) is 12.8. The van der Waals surface area contributed by atoms with Gasteiger partial charge in [-0.15, -0.1) is 0 Å². The smallest absolute Gasteiger partial charge is 0.227 e. The number of fused-ring (bicyclic) bond motifs is 3. The van der Waals surface area contributed by atoms with E-state index in [9.17, 15) is 9.00 Å². The number of nitrogens with zero attached hydrogens (tertiary/aromatic N) is 5. The molecule has 33 heavy (non-hydrogen) atoms. The zero-order valence-corrected chi connectivity index (χ0v) is 19.8. The van der Waals surface area contributed by atoms with Gasteiger partial charge in [0.15, 0.2) is 0 Å². The van der Waals surface area contributed by atoms with Crippen LogP contribution >= 0.6 is 11.8 Å². The van der Waals surface area contributed by atoms with Crippen molar-refractivity contribution in [1.82, 2.24) is 19.8 Å². The highest BCUT2D eigenvalue weighted by molar-refractivity contribution is 8.15. The maximum Gasteiger partial charge on any atom is 0.227 e. The molecule has 2 aromatic rings. The highest BCUT2D eigenvalue weighted by Crippen LogP contribution is 2.42. The molecule has 9 nitrogen and oxygen atoms in total. The van der Waals surface area contributed by atoms with Crippen LogP contribution < -0.4 is 10.5 Å². The number of aliphatic imine (C=N–C) groups is 1. The molecule has 5 rings (SSSR count). The maximum atomic E-state index is 11.6. The first-order chi connectivity index (χ1) is 16.0. The molecule has 3 atom stereocenters. The summed E-state index contributed by atoms with van der Waals surface area (Å²) in [6, 6.07) is 7.05. The fourth-order valence-corrected chi connectivity index (χ4v) is 5.87. The molecule has 1 aromatic carbocycles. The number of benzene rings is 1. The fraction of sp³-hybridized carbons (Fsp3) is 0.364. The predicted octanol–water partition coefficient (Wildman–Crippen LogP) is 1.95. The van der Waals surface area contributed by atoms with Crippen molar-refractivity contribution < 1.29 is 9.00 Å². The van der Waals surface area contributed by atoms with Crippen molar-refractivity contribution in [2.24, 2.45) is 10.1 Å². The van der Waals surface area contributed by atoms with Crippen LogP contribution in [-0.4, -0.2) is 72.9 Å². The van der Waals surface area contributed by atoms with Gasteiger partial charge < -0.3 is 10.2 Å². The van der Waals surface area contributed by atoms with E-state index in [0.717, 1.165) is 54.7 Å². The normalized spacial score (nSPS) is 23.0. The standard InChI is InChI=1S/C22H25N7O2S2/c1-14(30)29-9-7-28(8-10-29)13-19-26-21-18(32-19)6-5-15-12-24-22(27-20(15)21)25-16-3-2-4-17(11-16)33(23)31/h2-6,11-12,18,21H,7-10,13,23H2,1H3,(H,24,25,27). The number of nitrogens with one attached hydrogen (secondary N) is 1. The Balaban J connectivity index is 1.30. The summed E-state index contributed by atoms with van der Waals surface area (Å²) in [5, 5.41) is 10.0. The largest absolute Gasteiger partial charge is 0.340 e. The summed E-state index contributed by atoms with van der Waals surface area (Å²) in [4.78, 5) is 30.6. The summed E-state index contributed by atoms with van der Waals surface area (Å²) in [7, 11) is -1.55. The Labute approximate surface area is 199 Å². The van der Waals surface area contributed by atoms with Crippen molar-refractivity contribution in [3.05, 3.63) is 47.8 Å². The first-order valence-electron chi connectivity index (χ1n) is 10.8. The molecule has 3 unspecified atom stereocenters. The quantitative estimate of drug-likeness (QED) is 0.668. The monoisotopic (exact) mass is 483 g/mol. The number of thioether (sulfide) groups is 1. The van der Waals surface area contributed by atoms with Gasteiger partial charge in [-0.2, -0.15) is 0 Å². The number of anilines is 2. The molecule has 11 heteroatoms. The van der Waals surface area contributed by atoms with E-state index in [2.05, 4.69) is 27.4 Å². The molecule has 3 aliphatic rings. The maximum absolute atomic E-state index is 11.6. The number of hydrogen-bond donors (Lipinski definition) is 2. The summed E-state index contributed by atoms with van der Waals surface area (Å²) in [6.07, 6.45) is 6.05. The summed E-state index contributed by atoms with van der Waals surface area (Å²) in [6.45, 7) is 5.69. The highest BCUT2D eigenvalue weighted by atomic mass is 32.2. The Morgan fingerprint density at radius 3 is 2.88 bits per heavy atom. The molecule has 1 aliphatic carbocycles. The molecule has 1 saturated heterocycles. The van der Waals surface area contributed by atoms with Gasteiger partial charge in [0.1, 0.15) is 17.0 Å². The molecule has 172 valence electrons. The van der Waals surface area contributed by atoms with Gasteiger partial charge in [-0.25, -0.2) is 19.3 Å². The number of amides is 1. The second kappa shape index (κ2) is 9.34. The van der Waals surface area contributed by atoms with E-state index < -0.39 is 11.0 Å². The lowest BCUT2D eigenvalue weighted by molar-refractivity contribution is -0.130. The van der Waals surface area contributed by atoms with Gasteiger partial charge in [-0.3, -0.25) is 14.7 Å². The van der Waals surface area contributed by atoms with Gasteiger partial charge >= 0.3 is 0 Å². The van der Waals surface area contributed by atoms with Crippen LogP contribution in [0.5, 0.6) is 0 Å². The van der Waals surface area contributed by atoms with Crippen molar-refractivity contribution in [2.45, 2.75) is 23.1 Å². The van der Waals surface area contributed by atoms with E-state index in [-0.39, 0.29) is 17.2 Å². The average molecular weight is 484 g/mol. The minimum absolute atomic E-state index is 0.0464. The van der Waals surface area contributed by atoms with Crippen LogP contribution in [-0.2, 0) is 15.8 Å². The SMILES string of the molecule is CC(=O)N1CCN(CC2=NC3c4nc(Nc5cccc(S(N)=O)c5)ncc4C=CC3S2)CC1. The lowest BCUT2D eigenvalue weighted by Crippen LogP contribution is -2.49. The van der Waals surface area contributed by atoms with Crippen LogP contribution in [0.1, 0.15) is 24.2 Å². The number of hydrogen-bond acceptors (Lipinski definition) is 8. The van der Waals surface area contributed by atoms with Crippen LogP contribution in [0, 0.1) is 0 Å². The average Bonchev–Trinajstić information content (AvgIpc) is 3.22. The Morgan fingerprint density at radius 1 is 1.30 bits per heavy atom. The lowest BCUT2D eigenvalue weighted by Gasteiger charge is -2.33. The summed E-state index contributed by atoms with van der Waals surface area (Å²) < 4.78 is 11.6. The molecular formula is C22H25N7O2S2. The van der Waals surface area contributed by atoms with Crippen LogP contribution in [0.2, 0.25) is 0 Å². The van der Waals surface area contributed by atoms with Gasteiger partial charge in [0.2, 0.25) is 11.9 Å². The summed E-state index contributed by atoms with van der Waals surface area (Å²) in [5.41, 5.74) is 2.60. The number of nitrogens with two attached hydrogens (primary N) is 1. The zero-order chi connectivity index (χ0) is 22.9. The molecule has 0 saturated carbocycles. The molecule has 3 heterocycles. The number of carbonyl (C=O) groups excluding carboxylic acids is 1. The zero-order valence-electron chi connectivity index (χ0n) is 18.2. The molecular weight excluding hydrogens is 458 g/mol. The Kier molecular flexibility index (Phi) is 6.28. The molecule has 0 spiro atoms. The minimum Gasteiger partial charge on any atom is -0.340 e. The van der Waals surface area contributed by atoms with Crippen molar-refractivity contribution in [3.8, 4) is 0 Å². The van der Waals surface area contributed by atoms with Crippen molar-refractivity contribution in [1.29, 1.82) is 0 Å². The summed E-state index contributed by atoms with van der Waals surface area (Å²) >= 11 is 1.79. The van der Waals surface area contributed by atoms with E-state index in [1.165, 1.54) is 0 Å². The van der Waals surface area contributed by atoms with Gasteiger partial charge in [0, 0.05) is 57.1 Å². The summed E-state index contributed by atoms with van der Waals surface area (Å²) in [5.74, 6) is 0.610. The number of aromatic nitrogens is 2. The second-order valence-electron chi connectivity index (χ2n) is 8.18. The molecule has 0 bridgehead atoms. The molecule has 1 aromatic heterocycles. The van der Waals surface area contributed by atoms with E-state index in [4.69, 9.17) is 15.1 Å². The Morgan fingerprint density at radius 2 is 2.12 bits per heavy atom. The van der Waals surface area contributed by atoms with Gasteiger partial charge in [0.25, 0.3) is 0 Å². The van der Waals surface area contributed by atoms with E-state index in [1.807, 2.05) is 17.2 Å². The van der Waals surface area contributed by atoms with E-state index >= 15 is 0 Å². The third kappa shape index (κ3) is 4.86. The molecule has 0 radical (unpaired) electrons. The molecule has 1 fully saturated rings. The van der Waals surface area contributed by atoms with Gasteiger partial charge in [-0.05, 0) is 18.2 Å². The minimum atomic E-state index is -1.55. The third-order valence-electron chi connectivity index (χ3n) is 5.96.